The molecule has 0 radical (unpaired) electrons. The summed E-state index contributed by atoms with van der Waals surface area (Å²) in [6.45, 7) is 5.54. The van der Waals surface area contributed by atoms with Gasteiger partial charge in [-0.2, -0.15) is 4.98 Å². The summed E-state index contributed by atoms with van der Waals surface area (Å²) in [4.78, 5) is 18.6. The topological polar surface area (TPSA) is 80.5 Å². The second-order valence-corrected chi connectivity index (χ2v) is 5.67. The van der Waals surface area contributed by atoms with Crippen LogP contribution in [0.1, 0.15) is 35.4 Å². The molecule has 0 atom stereocenters. The van der Waals surface area contributed by atoms with E-state index in [-0.39, 0.29) is 24.9 Å². The molecule has 0 unspecified atom stereocenters. The molecule has 1 aliphatic heterocycles. The lowest BCUT2D eigenvalue weighted by Crippen LogP contribution is -2.34. The molecule has 0 aliphatic carbocycles. The quantitative estimate of drug-likeness (QED) is 0.872. The van der Waals surface area contributed by atoms with Crippen molar-refractivity contribution in [1.82, 2.24) is 20.4 Å². The van der Waals surface area contributed by atoms with Gasteiger partial charge >= 0.3 is 0 Å². The van der Waals surface area contributed by atoms with Crippen LogP contribution < -0.4 is 10.1 Å². The average molecular weight is 367 g/mol. The normalized spacial score (nSPS) is 14.5. The molecule has 1 amide bonds. The largest absolute Gasteiger partial charge is 0.485 e. The van der Waals surface area contributed by atoms with Crippen molar-refractivity contribution in [2.75, 3.05) is 26.2 Å². The Hall–Kier alpha value is -2.12. The number of hydrogen-bond donors (Lipinski definition) is 1. The van der Waals surface area contributed by atoms with Crippen molar-refractivity contribution in [2.45, 2.75) is 26.4 Å². The molecule has 7 nitrogen and oxygen atoms in total. The molecule has 1 fully saturated rings. The molecule has 1 N–H and O–H groups in total. The number of ether oxygens (including phenoxy) is 1. The summed E-state index contributed by atoms with van der Waals surface area (Å²) in [5.41, 5.74) is 0.678. The fraction of sp³-hybridized carbons (Fsp3) is 0.471. The molecule has 0 saturated carbocycles. The van der Waals surface area contributed by atoms with E-state index in [2.05, 4.69) is 15.5 Å². The van der Waals surface area contributed by atoms with E-state index in [4.69, 9.17) is 9.26 Å². The highest BCUT2D eigenvalue weighted by Crippen LogP contribution is 2.15. The lowest BCUT2D eigenvalue weighted by molar-refractivity contribution is 0.0766. The van der Waals surface area contributed by atoms with Crippen molar-refractivity contribution in [1.29, 1.82) is 0 Å². The zero-order valence-electron chi connectivity index (χ0n) is 14.2. The number of halogens is 1. The van der Waals surface area contributed by atoms with Crippen LogP contribution in [0.2, 0.25) is 0 Å². The van der Waals surface area contributed by atoms with Crippen molar-refractivity contribution in [3.63, 3.8) is 0 Å². The number of hydrogen-bond acceptors (Lipinski definition) is 6. The van der Waals surface area contributed by atoms with E-state index >= 15 is 0 Å². The number of carbonyl (C=O) groups is 1. The van der Waals surface area contributed by atoms with Gasteiger partial charge in [-0.3, -0.25) is 4.79 Å². The molecule has 1 aliphatic rings. The lowest BCUT2D eigenvalue weighted by atomic mass is 10.2. The maximum atomic E-state index is 12.5. The van der Waals surface area contributed by atoms with Gasteiger partial charge in [0.2, 0.25) is 11.7 Å². The second kappa shape index (κ2) is 9.39. The molecule has 2 heterocycles. The molecule has 3 rings (SSSR count). The van der Waals surface area contributed by atoms with Crippen LogP contribution in [0.4, 0.5) is 0 Å². The van der Waals surface area contributed by atoms with Crippen LogP contribution in [0.3, 0.4) is 0 Å². The molecular weight excluding hydrogens is 344 g/mol. The van der Waals surface area contributed by atoms with Gasteiger partial charge in [-0.15, -0.1) is 12.4 Å². The van der Waals surface area contributed by atoms with Crippen LogP contribution in [0, 0.1) is 0 Å². The molecule has 1 aromatic carbocycles. The third-order valence-corrected chi connectivity index (χ3v) is 3.91. The summed E-state index contributed by atoms with van der Waals surface area (Å²) in [5.74, 6) is 1.86. The molecule has 8 heteroatoms. The molecule has 136 valence electrons. The van der Waals surface area contributed by atoms with E-state index in [1.54, 1.807) is 24.3 Å². The van der Waals surface area contributed by atoms with E-state index < -0.39 is 0 Å². The van der Waals surface area contributed by atoms with Crippen LogP contribution in [0.5, 0.6) is 5.75 Å². The summed E-state index contributed by atoms with van der Waals surface area (Å²) in [5, 5.41) is 7.14. The summed E-state index contributed by atoms with van der Waals surface area (Å²) < 4.78 is 10.7. The molecular formula is C17H23ClN4O3. The predicted octanol–water partition coefficient (Wildman–Crippen LogP) is 2.07. The van der Waals surface area contributed by atoms with Gasteiger partial charge in [-0.25, -0.2) is 0 Å². The summed E-state index contributed by atoms with van der Waals surface area (Å²) >= 11 is 0. The predicted molar refractivity (Wildman–Crippen MR) is 95.1 cm³/mol. The first-order valence-electron chi connectivity index (χ1n) is 8.30. The van der Waals surface area contributed by atoms with Crippen molar-refractivity contribution in [3.05, 3.63) is 41.5 Å². The minimum atomic E-state index is 0. The van der Waals surface area contributed by atoms with Crippen molar-refractivity contribution in [3.8, 4) is 5.75 Å². The Morgan fingerprint density at radius 2 is 2.08 bits per heavy atom. The minimum absolute atomic E-state index is 0. The van der Waals surface area contributed by atoms with E-state index in [0.717, 1.165) is 32.6 Å². The number of nitrogens with zero attached hydrogens (tertiary/aromatic N) is 3. The Labute approximate surface area is 153 Å². The number of amides is 1. The first-order chi connectivity index (χ1) is 11.8. The van der Waals surface area contributed by atoms with Crippen molar-refractivity contribution in [2.24, 2.45) is 0 Å². The third-order valence-electron chi connectivity index (χ3n) is 3.91. The maximum Gasteiger partial charge on any atom is 0.253 e. The van der Waals surface area contributed by atoms with Crippen LogP contribution in [0.15, 0.2) is 28.8 Å². The molecule has 1 saturated heterocycles. The van der Waals surface area contributed by atoms with Gasteiger partial charge in [0.25, 0.3) is 5.91 Å². The van der Waals surface area contributed by atoms with Crippen LogP contribution in [-0.4, -0.2) is 47.1 Å². The Morgan fingerprint density at radius 1 is 1.28 bits per heavy atom. The molecule has 1 aromatic heterocycles. The zero-order valence-corrected chi connectivity index (χ0v) is 15.1. The van der Waals surface area contributed by atoms with Gasteiger partial charge in [0.05, 0.1) is 0 Å². The number of aryl methyl sites for hydroxylation is 1. The van der Waals surface area contributed by atoms with Crippen LogP contribution in [0.25, 0.3) is 0 Å². The number of nitrogens with one attached hydrogen (secondary N) is 1. The highest BCUT2D eigenvalue weighted by molar-refractivity contribution is 5.94. The molecule has 25 heavy (non-hydrogen) atoms. The number of benzene rings is 1. The van der Waals surface area contributed by atoms with Crippen LogP contribution in [-0.2, 0) is 13.0 Å². The highest BCUT2D eigenvalue weighted by atomic mass is 35.5. The minimum Gasteiger partial charge on any atom is -0.485 e. The Kier molecular flexibility index (Phi) is 7.21. The number of rotatable bonds is 5. The van der Waals surface area contributed by atoms with Gasteiger partial charge in [-0.05, 0) is 37.2 Å². The van der Waals surface area contributed by atoms with E-state index in [9.17, 15) is 4.79 Å². The van der Waals surface area contributed by atoms with E-state index in [0.29, 0.717) is 29.4 Å². The monoisotopic (exact) mass is 366 g/mol. The fourth-order valence-electron chi connectivity index (χ4n) is 2.57. The Bertz CT molecular complexity index is 667. The maximum absolute atomic E-state index is 12.5. The SMILES string of the molecule is CCc1nc(COc2ccc(C(=O)N3CCCNCC3)cc2)no1.Cl. The van der Waals surface area contributed by atoms with E-state index in [1.165, 1.54) is 0 Å². The fourth-order valence-corrected chi connectivity index (χ4v) is 2.57. The number of carbonyl (C=O) groups excluding carboxylic acids is 1. The summed E-state index contributed by atoms with van der Waals surface area (Å²) in [6, 6.07) is 7.18. The van der Waals surface area contributed by atoms with Crippen molar-refractivity contribution >= 4 is 18.3 Å². The summed E-state index contributed by atoms with van der Waals surface area (Å²) in [6.07, 6.45) is 1.69. The standard InChI is InChI=1S/C17H22N4O3.ClH/c1-2-16-19-15(20-24-16)12-23-14-6-4-13(5-7-14)17(22)21-10-3-8-18-9-11-21;/h4-7,18H,2-3,8-12H2,1H3;1H. The molecule has 2 aromatic rings. The van der Waals surface area contributed by atoms with Crippen molar-refractivity contribution < 1.29 is 14.1 Å². The van der Waals surface area contributed by atoms with E-state index in [1.807, 2.05) is 11.8 Å². The second-order valence-electron chi connectivity index (χ2n) is 5.67. The average Bonchev–Trinajstić information content (AvgIpc) is 2.92. The Morgan fingerprint density at radius 3 is 2.80 bits per heavy atom. The first-order valence-corrected chi connectivity index (χ1v) is 8.30. The first kappa shape index (κ1) is 19.2. The molecule has 0 spiro atoms. The number of aromatic nitrogens is 2. The van der Waals surface area contributed by atoms with Gasteiger partial charge in [0, 0.05) is 31.6 Å². The lowest BCUT2D eigenvalue weighted by Gasteiger charge is -2.20. The third kappa shape index (κ3) is 5.17. The molecule has 0 bridgehead atoms. The van der Waals surface area contributed by atoms with Crippen LogP contribution >= 0.6 is 12.4 Å². The Balaban J connectivity index is 0.00000225. The highest BCUT2D eigenvalue weighted by Gasteiger charge is 2.17. The summed E-state index contributed by atoms with van der Waals surface area (Å²) in [7, 11) is 0. The van der Waals surface area contributed by atoms with Gasteiger partial charge in [0.1, 0.15) is 5.75 Å². The van der Waals surface area contributed by atoms with Gasteiger partial charge in [-0.1, -0.05) is 12.1 Å². The zero-order chi connectivity index (χ0) is 16.8. The smallest absolute Gasteiger partial charge is 0.253 e. The van der Waals surface area contributed by atoms with Gasteiger partial charge < -0.3 is 19.5 Å². The van der Waals surface area contributed by atoms with Gasteiger partial charge in [0.15, 0.2) is 6.61 Å².